The largest absolute Gasteiger partial charge is 0.493 e. The van der Waals surface area contributed by atoms with Crippen LogP contribution in [0, 0.1) is 11.3 Å². The molecule has 5 nitrogen and oxygen atoms in total. The zero-order valence-corrected chi connectivity index (χ0v) is 13.5. The van der Waals surface area contributed by atoms with E-state index in [9.17, 15) is 9.59 Å². The highest BCUT2D eigenvalue weighted by atomic mass is 16.7. The molecule has 23 heavy (non-hydrogen) atoms. The second-order valence-electron chi connectivity index (χ2n) is 6.90. The number of ketones is 2. The Bertz CT molecular complexity index is 698. The van der Waals surface area contributed by atoms with Crippen molar-refractivity contribution < 1.29 is 23.8 Å². The number of rotatable bonds is 2. The minimum absolute atomic E-state index is 0.0116. The summed E-state index contributed by atoms with van der Waals surface area (Å²) in [5.41, 5.74) is 2.03. The van der Waals surface area contributed by atoms with Gasteiger partial charge in [0.25, 0.3) is 0 Å². The summed E-state index contributed by atoms with van der Waals surface area (Å²) in [6, 6.07) is 0. The third-order valence-electron chi connectivity index (χ3n) is 5.78. The van der Waals surface area contributed by atoms with Crippen LogP contribution in [0.25, 0.3) is 0 Å². The lowest BCUT2D eigenvalue weighted by molar-refractivity contribution is -0.251. The summed E-state index contributed by atoms with van der Waals surface area (Å²) in [5, 5.41) is 0. The van der Waals surface area contributed by atoms with Gasteiger partial charge >= 0.3 is 0 Å². The molecular weight excluding hydrogens is 296 g/mol. The van der Waals surface area contributed by atoms with Gasteiger partial charge in [-0.15, -0.1) is 0 Å². The van der Waals surface area contributed by atoms with Crippen molar-refractivity contribution in [2.75, 3.05) is 14.2 Å². The van der Waals surface area contributed by atoms with Crippen molar-refractivity contribution in [1.29, 1.82) is 0 Å². The van der Waals surface area contributed by atoms with E-state index in [1.54, 1.807) is 7.11 Å². The van der Waals surface area contributed by atoms with Gasteiger partial charge in [0.2, 0.25) is 5.78 Å². The molecule has 0 spiro atoms. The van der Waals surface area contributed by atoms with Crippen molar-refractivity contribution in [3.8, 4) is 0 Å². The number of fused-ring (bicyclic) bond motifs is 2. The maximum atomic E-state index is 12.6. The quantitative estimate of drug-likeness (QED) is 0.730. The molecule has 2 heterocycles. The molecule has 0 N–H and O–H groups in total. The Morgan fingerprint density at radius 2 is 2.00 bits per heavy atom. The van der Waals surface area contributed by atoms with Crippen molar-refractivity contribution in [3.05, 3.63) is 34.6 Å². The Morgan fingerprint density at radius 1 is 1.22 bits per heavy atom. The third kappa shape index (κ3) is 1.86. The molecule has 3 fully saturated rings. The minimum atomic E-state index is -0.255. The van der Waals surface area contributed by atoms with Crippen LogP contribution in [0.1, 0.15) is 26.2 Å². The SMILES string of the molecule is COC1=CC(=O)C2=C(CC3(C)C(=C2)C2CCC3OC2OC)C1=O. The summed E-state index contributed by atoms with van der Waals surface area (Å²) in [6.07, 6.45) is 5.45. The number of ether oxygens (including phenoxy) is 3. The first kappa shape index (κ1) is 14.8. The van der Waals surface area contributed by atoms with E-state index in [0.717, 1.165) is 12.8 Å². The molecule has 3 aliphatic carbocycles. The Morgan fingerprint density at radius 3 is 2.70 bits per heavy atom. The first-order chi connectivity index (χ1) is 11.0. The second kappa shape index (κ2) is 4.89. The number of hydrogen-bond donors (Lipinski definition) is 0. The van der Waals surface area contributed by atoms with Gasteiger partial charge in [-0.3, -0.25) is 9.59 Å². The highest BCUT2D eigenvalue weighted by Gasteiger charge is 2.56. The number of methoxy groups -OCH3 is 2. The van der Waals surface area contributed by atoms with E-state index >= 15 is 0 Å². The van der Waals surface area contributed by atoms with Gasteiger partial charge in [-0.1, -0.05) is 18.6 Å². The number of allylic oxidation sites excluding steroid dienone is 4. The van der Waals surface area contributed by atoms with E-state index < -0.39 is 0 Å². The molecule has 2 bridgehead atoms. The molecule has 0 aromatic heterocycles. The van der Waals surface area contributed by atoms with E-state index in [0.29, 0.717) is 17.6 Å². The molecule has 0 aromatic carbocycles. The molecule has 1 saturated carbocycles. The summed E-state index contributed by atoms with van der Waals surface area (Å²) < 4.78 is 16.6. The predicted molar refractivity (Wildman–Crippen MR) is 81.3 cm³/mol. The highest BCUT2D eigenvalue weighted by Crippen LogP contribution is 2.57. The third-order valence-corrected chi connectivity index (χ3v) is 5.78. The van der Waals surface area contributed by atoms with Crippen LogP contribution in [-0.4, -0.2) is 38.2 Å². The van der Waals surface area contributed by atoms with Gasteiger partial charge in [-0.2, -0.15) is 0 Å². The molecule has 5 rings (SSSR count). The first-order valence-corrected chi connectivity index (χ1v) is 7.97. The topological polar surface area (TPSA) is 61.8 Å². The van der Waals surface area contributed by atoms with Gasteiger partial charge in [0.15, 0.2) is 17.8 Å². The van der Waals surface area contributed by atoms with Crippen molar-refractivity contribution >= 4 is 11.6 Å². The van der Waals surface area contributed by atoms with Crippen LogP contribution in [0.5, 0.6) is 0 Å². The van der Waals surface area contributed by atoms with Crippen molar-refractivity contribution in [2.45, 2.75) is 38.6 Å². The molecule has 2 aliphatic heterocycles. The standard InChI is InChI=1S/C18H20O5/c1-18-8-11-10(13(19)7-14(21-2)16(11)20)6-12(18)9-4-5-15(18)23-17(9)22-3/h6-7,9,15,17H,4-5,8H2,1-3H3. The van der Waals surface area contributed by atoms with Gasteiger partial charge in [0.1, 0.15) is 0 Å². The van der Waals surface area contributed by atoms with Crippen LogP contribution in [-0.2, 0) is 23.8 Å². The first-order valence-electron chi connectivity index (χ1n) is 7.97. The smallest absolute Gasteiger partial charge is 0.224 e. The highest BCUT2D eigenvalue weighted by molar-refractivity contribution is 6.23. The molecule has 5 aliphatic rings. The van der Waals surface area contributed by atoms with Crippen LogP contribution < -0.4 is 0 Å². The van der Waals surface area contributed by atoms with Crippen LogP contribution in [0.4, 0.5) is 0 Å². The van der Waals surface area contributed by atoms with E-state index in [1.807, 2.05) is 6.08 Å². The van der Waals surface area contributed by atoms with Gasteiger partial charge < -0.3 is 14.2 Å². The average Bonchev–Trinajstić information content (AvgIpc) is 2.57. The van der Waals surface area contributed by atoms with Crippen LogP contribution in [0.15, 0.2) is 34.6 Å². The van der Waals surface area contributed by atoms with Crippen LogP contribution >= 0.6 is 0 Å². The monoisotopic (exact) mass is 316 g/mol. The molecular formula is C18H20O5. The van der Waals surface area contributed by atoms with Crippen LogP contribution in [0.2, 0.25) is 0 Å². The van der Waals surface area contributed by atoms with Crippen molar-refractivity contribution in [1.82, 2.24) is 0 Å². The summed E-state index contributed by atoms with van der Waals surface area (Å²) in [7, 11) is 3.07. The molecule has 4 unspecified atom stereocenters. The fourth-order valence-electron chi connectivity index (χ4n) is 4.57. The zero-order chi connectivity index (χ0) is 16.4. The number of hydrogen-bond acceptors (Lipinski definition) is 5. The maximum Gasteiger partial charge on any atom is 0.224 e. The van der Waals surface area contributed by atoms with Gasteiger partial charge in [-0.05, 0) is 19.3 Å². The van der Waals surface area contributed by atoms with Gasteiger partial charge in [0, 0.05) is 35.7 Å². The summed E-state index contributed by atoms with van der Waals surface area (Å²) in [6.45, 7) is 2.13. The van der Waals surface area contributed by atoms with E-state index in [-0.39, 0.29) is 41.1 Å². The van der Waals surface area contributed by atoms with Crippen molar-refractivity contribution in [3.63, 3.8) is 0 Å². The van der Waals surface area contributed by atoms with E-state index in [2.05, 4.69) is 6.92 Å². The number of carbonyl (C=O) groups excluding carboxylic acids is 2. The lowest BCUT2D eigenvalue weighted by Crippen LogP contribution is -2.55. The lowest BCUT2D eigenvalue weighted by Gasteiger charge is -2.56. The number of Topliss-reactive ketones (excluding diaryl/α,β-unsaturated/α-hetero) is 1. The summed E-state index contributed by atoms with van der Waals surface area (Å²) in [5.74, 6) is -0.0451. The van der Waals surface area contributed by atoms with Crippen LogP contribution in [0.3, 0.4) is 0 Å². The predicted octanol–water partition coefficient (Wildman–Crippen LogP) is 2.08. The van der Waals surface area contributed by atoms with E-state index in [4.69, 9.17) is 14.2 Å². The summed E-state index contributed by atoms with van der Waals surface area (Å²) in [4.78, 5) is 25.0. The van der Waals surface area contributed by atoms with Crippen molar-refractivity contribution in [2.24, 2.45) is 11.3 Å². The van der Waals surface area contributed by atoms with E-state index in [1.165, 1.54) is 18.8 Å². The molecule has 0 aromatic rings. The molecule has 0 radical (unpaired) electrons. The maximum absolute atomic E-state index is 12.6. The van der Waals surface area contributed by atoms with Gasteiger partial charge in [0.05, 0.1) is 13.2 Å². The Kier molecular flexibility index (Phi) is 3.15. The molecule has 2 saturated heterocycles. The Balaban J connectivity index is 1.82. The second-order valence-corrected chi connectivity index (χ2v) is 6.90. The average molecular weight is 316 g/mol. The normalized spacial score (nSPS) is 38.8. The molecule has 5 heteroatoms. The summed E-state index contributed by atoms with van der Waals surface area (Å²) >= 11 is 0. The molecule has 4 atom stereocenters. The van der Waals surface area contributed by atoms with Gasteiger partial charge in [-0.25, -0.2) is 0 Å². The molecule has 122 valence electrons. The fraction of sp³-hybridized carbons (Fsp3) is 0.556. The zero-order valence-electron chi connectivity index (χ0n) is 13.5. The number of carbonyl (C=O) groups is 2. The minimum Gasteiger partial charge on any atom is -0.493 e. The lowest BCUT2D eigenvalue weighted by atomic mass is 9.57. The molecule has 0 amide bonds. The Labute approximate surface area is 135 Å². The Hall–Kier alpha value is -1.72. The fourth-order valence-corrected chi connectivity index (χ4v) is 4.57.